The number of pyridine rings is 1. The third-order valence-corrected chi connectivity index (χ3v) is 3.79. The zero-order chi connectivity index (χ0) is 15.4. The largest absolute Gasteiger partial charge is 0.481 e. The number of nitrogens with zero attached hydrogens (tertiary/aromatic N) is 3. The molecule has 0 bridgehead atoms. The van der Waals surface area contributed by atoms with Crippen LogP contribution in [0.2, 0.25) is 0 Å². The van der Waals surface area contributed by atoms with Crippen molar-refractivity contribution in [1.29, 1.82) is 0 Å². The number of aryl methyl sites for hydroxylation is 2. The summed E-state index contributed by atoms with van der Waals surface area (Å²) in [6.07, 6.45) is 1.77. The number of ether oxygens (including phenoxy) is 1. The summed E-state index contributed by atoms with van der Waals surface area (Å²) in [5.74, 6) is 0.646. The Bertz CT molecular complexity index is 606. The van der Waals surface area contributed by atoms with Gasteiger partial charge in [0.1, 0.15) is 0 Å². The van der Waals surface area contributed by atoms with E-state index in [0.29, 0.717) is 5.88 Å². The van der Waals surface area contributed by atoms with Crippen LogP contribution in [0.5, 0.6) is 5.88 Å². The fraction of sp³-hybridized carbons (Fsp3) is 0.500. The maximum Gasteiger partial charge on any atom is 0.213 e. The molecule has 1 unspecified atom stereocenters. The van der Waals surface area contributed by atoms with Gasteiger partial charge in [0.15, 0.2) is 0 Å². The van der Waals surface area contributed by atoms with Gasteiger partial charge in [-0.05, 0) is 39.3 Å². The zero-order valence-corrected chi connectivity index (χ0v) is 13.5. The highest BCUT2D eigenvalue weighted by Crippen LogP contribution is 2.22. The number of rotatable bonds is 6. The molecule has 0 aliphatic carbocycles. The van der Waals surface area contributed by atoms with E-state index in [-0.39, 0.29) is 6.04 Å². The van der Waals surface area contributed by atoms with E-state index in [2.05, 4.69) is 47.8 Å². The monoisotopic (exact) mass is 288 g/mol. The summed E-state index contributed by atoms with van der Waals surface area (Å²) in [6, 6.07) is 4.20. The van der Waals surface area contributed by atoms with Gasteiger partial charge in [-0.15, -0.1) is 0 Å². The van der Waals surface area contributed by atoms with E-state index in [1.165, 1.54) is 11.3 Å². The normalized spacial score (nSPS) is 12.4. The van der Waals surface area contributed by atoms with Gasteiger partial charge < -0.3 is 10.1 Å². The summed E-state index contributed by atoms with van der Waals surface area (Å²) in [6.45, 7) is 10.2. The molecule has 2 heterocycles. The molecule has 0 aliphatic rings. The van der Waals surface area contributed by atoms with Crippen LogP contribution >= 0.6 is 0 Å². The Kier molecular flexibility index (Phi) is 4.96. The van der Waals surface area contributed by atoms with Gasteiger partial charge in [0.2, 0.25) is 5.88 Å². The molecule has 0 spiro atoms. The van der Waals surface area contributed by atoms with Crippen molar-refractivity contribution in [2.75, 3.05) is 7.11 Å². The van der Waals surface area contributed by atoms with Crippen LogP contribution in [0, 0.1) is 13.8 Å². The predicted molar refractivity (Wildman–Crippen MR) is 83.4 cm³/mol. The zero-order valence-electron chi connectivity index (χ0n) is 13.5. The molecule has 0 saturated carbocycles. The fourth-order valence-corrected chi connectivity index (χ4v) is 2.69. The Morgan fingerprint density at radius 3 is 2.76 bits per heavy atom. The van der Waals surface area contributed by atoms with Gasteiger partial charge in [0.25, 0.3) is 0 Å². The van der Waals surface area contributed by atoms with Crippen molar-refractivity contribution in [3.05, 3.63) is 40.8 Å². The Morgan fingerprint density at radius 2 is 2.14 bits per heavy atom. The average Bonchev–Trinajstić information content (AvgIpc) is 2.79. The Morgan fingerprint density at radius 1 is 1.38 bits per heavy atom. The molecule has 0 aliphatic heterocycles. The van der Waals surface area contributed by atoms with Gasteiger partial charge >= 0.3 is 0 Å². The lowest BCUT2D eigenvalue weighted by Crippen LogP contribution is -2.19. The van der Waals surface area contributed by atoms with Crippen LogP contribution in [0.3, 0.4) is 0 Å². The van der Waals surface area contributed by atoms with E-state index in [1.807, 2.05) is 12.1 Å². The first-order valence-corrected chi connectivity index (χ1v) is 7.33. The average molecular weight is 288 g/mol. The first kappa shape index (κ1) is 15.5. The van der Waals surface area contributed by atoms with Crippen molar-refractivity contribution in [3.8, 4) is 5.88 Å². The van der Waals surface area contributed by atoms with E-state index in [0.717, 1.165) is 24.3 Å². The molecule has 114 valence electrons. The molecule has 0 radical (unpaired) electrons. The van der Waals surface area contributed by atoms with Crippen LogP contribution < -0.4 is 10.1 Å². The smallest absolute Gasteiger partial charge is 0.213 e. The van der Waals surface area contributed by atoms with Crippen LogP contribution in [0.1, 0.15) is 42.4 Å². The Balaban J connectivity index is 2.08. The molecule has 2 aromatic rings. The second kappa shape index (κ2) is 6.72. The van der Waals surface area contributed by atoms with Crippen molar-refractivity contribution in [2.24, 2.45) is 0 Å². The molecule has 0 fully saturated rings. The van der Waals surface area contributed by atoms with Gasteiger partial charge in [-0.25, -0.2) is 4.98 Å². The third kappa shape index (κ3) is 3.42. The molecule has 1 atom stereocenters. The molecule has 21 heavy (non-hydrogen) atoms. The van der Waals surface area contributed by atoms with Gasteiger partial charge in [-0.1, -0.05) is 0 Å². The van der Waals surface area contributed by atoms with Gasteiger partial charge in [0, 0.05) is 42.7 Å². The Labute approximate surface area is 126 Å². The van der Waals surface area contributed by atoms with Crippen LogP contribution in [-0.2, 0) is 13.1 Å². The molecule has 0 aromatic carbocycles. The first-order valence-electron chi connectivity index (χ1n) is 7.33. The van der Waals surface area contributed by atoms with Crippen molar-refractivity contribution in [3.63, 3.8) is 0 Å². The Hall–Kier alpha value is -1.88. The van der Waals surface area contributed by atoms with Crippen LogP contribution in [0.25, 0.3) is 0 Å². The van der Waals surface area contributed by atoms with Crippen molar-refractivity contribution in [2.45, 2.75) is 46.8 Å². The van der Waals surface area contributed by atoms with Crippen molar-refractivity contribution in [1.82, 2.24) is 20.1 Å². The first-order chi connectivity index (χ1) is 10.1. The second-order valence-electron chi connectivity index (χ2n) is 5.21. The van der Waals surface area contributed by atoms with E-state index in [4.69, 9.17) is 4.74 Å². The van der Waals surface area contributed by atoms with Crippen molar-refractivity contribution >= 4 is 0 Å². The summed E-state index contributed by atoms with van der Waals surface area (Å²) in [5, 5.41) is 8.13. The molecular formula is C16H24N4O. The van der Waals surface area contributed by atoms with E-state index >= 15 is 0 Å². The number of nitrogens with one attached hydrogen (secondary N) is 1. The van der Waals surface area contributed by atoms with Crippen LogP contribution in [-0.4, -0.2) is 21.9 Å². The summed E-state index contributed by atoms with van der Waals surface area (Å²) in [5.41, 5.74) is 4.79. The highest BCUT2D eigenvalue weighted by Gasteiger charge is 2.16. The van der Waals surface area contributed by atoms with E-state index in [1.54, 1.807) is 13.3 Å². The summed E-state index contributed by atoms with van der Waals surface area (Å²) >= 11 is 0. The number of hydrogen-bond acceptors (Lipinski definition) is 4. The summed E-state index contributed by atoms with van der Waals surface area (Å²) in [7, 11) is 1.63. The molecule has 0 saturated heterocycles. The molecule has 2 aromatic heterocycles. The molecular weight excluding hydrogens is 264 g/mol. The maximum absolute atomic E-state index is 5.15. The quantitative estimate of drug-likeness (QED) is 0.888. The number of aromatic nitrogens is 3. The van der Waals surface area contributed by atoms with Crippen LogP contribution in [0.15, 0.2) is 18.3 Å². The standard InChI is InChI=1S/C16H24N4O/c1-6-20-13(4)16(12(3)19-20)11(2)18-10-14-7-8-17-15(9-14)21-5/h7-9,11,18H,6,10H2,1-5H3. The second-order valence-corrected chi connectivity index (χ2v) is 5.21. The molecule has 1 N–H and O–H groups in total. The summed E-state index contributed by atoms with van der Waals surface area (Å²) < 4.78 is 7.20. The fourth-order valence-electron chi connectivity index (χ4n) is 2.69. The number of hydrogen-bond donors (Lipinski definition) is 1. The van der Waals surface area contributed by atoms with E-state index < -0.39 is 0 Å². The predicted octanol–water partition coefficient (Wildman–Crippen LogP) is 2.77. The molecule has 2 rings (SSSR count). The minimum atomic E-state index is 0.254. The number of methoxy groups -OCH3 is 1. The van der Waals surface area contributed by atoms with Gasteiger partial charge in [-0.2, -0.15) is 5.10 Å². The lowest BCUT2D eigenvalue weighted by Gasteiger charge is -2.15. The third-order valence-electron chi connectivity index (χ3n) is 3.79. The lowest BCUT2D eigenvalue weighted by atomic mass is 10.1. The highest BCUT2D eigenvalue weighted by molar-refractivity contribution is 5.28. The summed E-state index contributed by atoms with van der Waals surface area (Å²) in [4.78, 5) is 4.12. The van der Waals surface area contributed by atoms with Crippen molar-refractivity contribution < 1.29 is 4.74 Å². The van der Waals surface area contributed by atoms with Crippen LogP contribution in [0.4, 0.5) is 0 Å². The topological polar surface area (TPSA) is 52.0 Å². The molecule has 5 heteroatoms. The maximum atomic E-state index is 5.15. The molecule has 5 nitrogen and oxygen atoms in total. The highest BCUT2D eigenvalue weighted by atomic mass is 16.5. The SMILES string of the molecule is CCn1nc(C)c(C(C)NCc2ccnc(OC)c2)c1C. The van der Waals surface area contributed by atoms with Gasteiger partial charge in [-0.3, -0.25) is 4.68 Å². The molecule has 0 amide bonds. The minimum absolute atomic E-state index is 0.254. The minimum Gasteiger partial charge on any atom is -0.481 e. The lowest BCUT2D eigenvalue weighted by molar-refractivity contribution is 0.397. The van der Waals surface area contributed by atoms with E-state index in [9.17, 15) is 0 Å². The van der Waals surface area contributed by atoms with Gasteiger partial charge in [0.05, 0.1) is 12.8 Å².